The third-order valence-electron chi connectivity index (χ3n) is 5.21. The Morgan fingerprint density at radius 1 is 1.38 bits per heavy atom. The molecule has 1 atom stereocenters. The first kappa shape index (κ1) is 13.4. The Morgan fingerprint density at radius 3 is 2.90 bits per heavy atom. The van der Waals surface area contributed by atoms with Gasteiger partial charge in [0.1, 0.15) is 0 Å². The molecule has 112 valence electrons. The van der Waals surface area contributed by atoms with Gasteiger partial charge in [0.05, 0.1) is 15.9 Å². The summed E-state index contributed by atoms with van der Waals surface area (Å²) in [5.41, 5.74) is 1.34. The van der Waals surface area contributed by atoms with Gasteiger partial charge in [-0.05, 0) is 51.9 Å². The standard InChI is InChI=1S/C16H21ClN4/c1-20(2)11-6-9-21(16(10-11)7-8-16)15-14-12(17)4-3-5-13(14)18-19-15/h3-5,11H,6-10H2,1-2H3,(H,18,19). The molecule has 0 amide bonds. The molecule has 1 saturated heterocycles. The summed E-state index contributed by atoms with van der Waals surface area (Å²) < 4.78 is 0. The first-order valence-corrected chi connectivity index (χ1v) is 8.05. The smallest absolute Gasteiger partial charge is 0.160 e. The molecule has 1 aromatic carbocycles. The van der Waals surface area contributed by atoms with Gasteiger partial charge in [0, 0.05) is 18.1 Å². The summed E-state index contributed by atoms with van der Waals surface area (Å²) >= 11 is 6.42. The van der Waals surface area contributed by atoms with E-state index in [0.717, 1.165) is 28.3 Å². The fourth-order valence-corrected chi connectivity index (χ4v) is 4.02. The average Bonchev–Trinajstić information content (AvgIpc) is 3.08. The maximum Gasteiger partial charge on any atom is 0.160 e. The summed E-state index contributed by atoms with van der Waals surface area (Å²) in [4.78, 5) is 4.88. The second-order valence-corrected chi connectivity index (χ2v) is 7.10. The Morgan fingerprint density at radius 2 is 2.19 bits per heavy atom. The van der Waals surface area contributed by atoms with Crippen molar-refractivity contribution in [1.29, 1.82) is 0 Å². The van der Waals surface area contributed by atoms with Crippen LogP contribution >= 0.6 is 11.6 Å². The van der Waals surface area contributed by atoms with Crippen molar-refractivity contribution < 1.29 is 0 Å². The second kappa shape index (κ2) is 4.62. The number of hydrogen-bond donors (Lipinski definition) is 1. The highest BCUT2D eigenvalue weighted by Crippen LogP contribution is 2.51. The molecule has 1 aliphatic carbocycles. The zero-order valence-electron chi connectivity index (χ0n) is 12.6. The number of benzene rings is 1. The summed E-state index contributed by atoms with van der Waals surface area (Å²) in [6, 6.07) is 6.65. The number of aromatic nitrogens is 2. The fraction of sp³-hybridized carbons (Fsp3) is 0.562. The first-order chi connectivity index (χ1) is 10.1. The van der Waals surface area contributed by atoms with Crippen molar-refractivity contribution in [3.63, 3.8) is 0 Å². The van der Waals surface area contributed by atoms with Gasteiger partial charge < -0.3 is 9.80 Å². The van der Waals surface area contributed by atoms with Crippen LogP contribution in [0, 0.1) is 0 Å². The van der Waals surface area contributed by atoms with Crippen LogP contribution in [-0.2, 0) is 0 Å². The van der Waals surface area contributed by atoms with Gasteiger partial charge >= 0.3 is 0 Å². The normalized spacial score (nSPS) is 24.2. The van der Waals surface area contributed by atoms with Crippen LogP contribution < -0.4 is 4.90 Å². The van der Waals surface area contributed by atoms with Crippen molar-refractivity contribution in [2.45, 2.75) is 37.3 Å². The Hall–Kier alpha value is -1.26. The minimum absolute atomic E-state index is 0.314. The number of nitrogens with one attached hydrogen (secondary N) is 1. The lowest BCUT2D eigenvalue weighted by Crippen LogP contribution is -2.50. The van der Waals surface area contributed by atoms with E-state index in [1.807, 2.05) is 18.2 Å². The number of fused-ring (bicyclic) bond motifs is 1. The van der Waals surface area contributed by atoms with E-state index in [0.29, 0.717) is 11.6 Å². The molecule has 21 heavy (non-hydrogen) atoms. The Balaban J connectivity index is 1.73. The maximum atomic E-state index is 6.42. The van der Waals surface area contributed by atoms with Crippen LogP contribution in [0.15, 0.2) is 18.2 Å². The topological polar surface area (TPSA) is 35.2 Å². The van der Waals surface area contributed by atoms with E-state index in [2.05, 4.69) is 34.1 Å². The summed E-state index contributed by atoms with van der Waals surface area (Å²) in [5.74, 6) is 1.05. The molecule has 5 heteroatoms. The highest BCUT2D eigenvalue weighted by molar-refractivity contribution is 6.36. The largest absolute Gasteiger partial charge is 0.349 e. The van der Waals surface area contributed by atoms with Crippen molar-refractivity contribution in [3.05, 3.63) is 23.2 Å². The van der Waals surface area contributed by atoms with Gasteiger partial charge in [-0.2, -0.15) is 5.10 Å². The number of nitrogens with zero attached hydrogens (tertiary/aromatic N) is 3. The Labute approximate surface area is 130 Å². The van der Waals surface area contributed by atoms with Crippen LogP contribution in [0.5, 0.6) is 0 Å². The zero-order chi connectivity index (χ0) is 14.6. The van der Waals surface area contributed by atoms with Crippen LogP contribution in [0.1, 0.15) is 25.7 Å². The van der Waals surface area contributed by atoms with Crippen LogP contribution in [0.4, 0.5) is 5.82 Å². The van der Waals surface area contributed by atoms with Gasteiger partial charge in [-0.15, -0.1) is 0 Å². The monoisotopic (exact) mass is 304 g/mol. The molecule has 1 spiro atoms. The summed E-state index contributed by atoms with van der Waals surface area (Å²) in [5, 5.41) is 9.60. The van der Waals surface area contributed by atoms with Crippen molar-refractivity contribution in [1.82, 2.24) is 15.1 Å². The molecule has 4 rings (SSSR count). The fourth-order valence-electron chi connectivity index (χ4n) is 3.76. The molecule has 2 heterocycles. The third-order valence-corrected chi connectivity index (χ3v) is 5.52. The van der Waals surface area contributed by atoms with E-state index in [9.17, 15) is 0 Å². The lowest BCUT2D eigenvalue weighted by molar-refractivity contribution is 0.217. The molecule has 1 aliphatic heterocycles. The van der Waals surface area contributed by atoms with Crippen molar-refractivity contribution in [3.8, 4) is 0 Å². The third kappa shape index (κ3) is 2.04. The van der Waals surface area contributed by atoms with Gasteiger partial charge in [-0.1, -0.05) is 17.7 Å². The highest BCUT2D eigenvalue weighted by Gasteiger charge is 2.52. The van der Waals surface area contributed by atoms with Crippen molar-refractivity contribution in [2.75, 3.05) is 25.5 Å². The average molecular weight is 305 g/mol. The molecule has 1 unspecified atom stereocenters. The molecule has 1 aromatic heterocycles. The van der Waals surface area contributed by atoms with E-state index in [1.165, 1.54) is 25.7 Å². The number of aromatic amines is 1. The Bertz CT molecular complexity index is 674. The van der Waals surface area contributed by atoms with Gasteiger partial charge in [0.25, 0.3) is 0 Å². The molecule has 0 bridgehead atoms. The SMILES string of the molecule is CN(C)C1CCN(c2n[nH]c3cccc(Cl)c23)C2(CC2)C1. The number of halogens is 1. The quantitative estimate of drug-likeness (QED) is 0.925. The lowest BCUT2D eigenvalue weighted by atomic mass is 9.94. The predicted molar refractivity (Wildman–Crippen MR) is 87.1 cm³/mol. The van der Waals surface area contributed by atoms with Gasteiger partial charge in [0.15, 0.2) is 5.82 Å². The van der Waals surface area contributed by atoms with Crippen molar-refractivity contribution in [2.24, 2.45) is 0 Å². The lowest BCUT2D eigenvalue weighted by Gasteiger charge is -2.42. The molecule has 2 fully saturated rings. The summed E-state index contributed by atoms with van der Waals surface area (Å²) in [6.45, 7) is 1.06. The van der Waals surface area contributed by atoms with Crippen LogP contribution in [0.3, 0.4) is 0 Å². The minimum Gasteiger partial charge on any atom is -0.349 e. The predicted octanol–water partition coefficient (Wildman–Crippen LogP) is 3.28. The van der Waals surface area contributed by atoms with E-state index in [-0.39, 0.29) is 0 Å². The maximum absolute atomic E-state index is 6.42. The number of hydrogen-bond acceptors (Lipinski definition) is 3. The van der Waals surface area contributed by atoms with E-state index >= 15 is 0 Å². The van der Waals surface area contributed by atoms with E-state index < -0.39 is 0 Å². The van der Waals surface area contributed by atoms with Crippen LogP contribution in [0.2, 0.25) is 5.02 Å². The van der Waals surface area contributed by atoms with E-state index in [1.54, 1.807) is 0 Å². The second-order valence-electron chi connectivity index (χ2n) is 6.70. The Kier molecular flexibility index (Phi) is 2.95. The molecule has 4 nitrogen and oxygen atoms in total. The van der Waals surface area contributed by atoms with E-state index in [4.69, 9.17) is 11.6 Å². The number of rotatable bonds is 2. The summed E-state index contributed by atoms with van der Waals surface area (Å²) in [7, 11) is 4.38. The molecule has 2 aliphatic rings. The highest BCUT2D eigenvalue weighted by atomic mass is 35.5. The number of anilines is 1. The summed E-state index contributed by atoms with van der Waals surface area (Å²) in [6.07, 6.45) is 4.97. The number of H-pyrrole nitrogens is 1. The first-order valence-electron chi connectivity index (χ1n) is 7.67. The molecule has 0 radical (unpaired) electrons. The molecule has 1 N–H and O–H groups in total. The van der Waals surface area contributed by atoms with Crippen LogP contribution in [0.25, 0.3) is 10.9 Å². The molecule has 2 aromatic rings. The minimum atomic E-state index is 0.314. The zero-order valence-corrected chi connectivity index (χ0v) is 13.3. The van der Waals surface area contributed by atoms with Crippen LogP contribution in [-0.4, -0.2) is 47.3 Å². The molecular formula is C16H21ClN4. The van der Waals surface area contributed by atoms with Gasteiger partial charge in [-0.3, -0.25) is 5.10 Å². The number of piperidine rings is 1. The molecular weight excluding hydrogens is 284 g/mol. The van der Waals surface area contributed by atoms with Gasteiger partial charge in [-0.25, -0.2) is 0 Å². The molecule has 1 saturated carbocycles. The van der Waals surface area contributed by atoms with Crippen molar-refractivity contribution >= 4 is 28.3 Å². The van der Waals surface area contributed by atoms with Gasteiger partial charge in [0.2, 0.25) is 0 Å².